The molecule has 0 atom stereocenters. The van der Waals surface area contributed by atoms with Crippen LogP contribution in [0.15, 0.2) is 63.4 Å². The molecule has 0 spiro atoms. The second-order valence-corrected chi connectivity index (χ2v) is 6.00. The molecule has 0 aliphatic heterocycles. The highest BCUT2D eigenvalue weighted by atomic mass is 79.9. The topological polar surface area (TPSA) is 42.0 Å². The third-order valence-electron chi connectivity index (χ3n) is 3.15. The van der Waals surface area contributed by atoms with Gasteiger partial charge in [-0.3, -0.25) is 4.40 Å². The maximum Gasteiger partial charge on any atom is 0.183 e. The van der Waals surface area contributed by atoms with Gasteiger partial charge < -0.3 is 0 Å². The van der Waals surface area contributed by atoms with E-state index in [4.69, 9.17) is 0 Å². The first kappa shape index (κ1) is 13.9. The van der Waals surface area contributed by atoms with Crippen molar-refractivity contribution < 1.29 is 0 Å². The molecule has 0 aliphatic carbocycles. The molecule has 2 heterocycles. The molecule has 106 valence electrons. The quantitative estimate of drug-likeness (QED) is 0.568. The van der Waals surface area contributed by atoms with Crippen LogP contribution in [0.2, 0.25) is 0 Å². The maximum absolute atomic E-state index is 4.65. The number of imidazole rings is 1. The van der Waals surface area contributed by atoms with E-state index in [-0.39, 0.29) is 5.92 Å². The van der Waals surface area contributed by atoms with Gasteiger partial charge in [0.15, 0.2) is 5.82 Å². The molecule has 0 unspecified atom stereocenters. The Hall–Kier alpha value is -2.01. The summed E-state index contributed by atoms with van der Waals surface area (Å²) in [4.78, 5) is 4.65. The fourth-order valence-electron chi connectivity index (χ4n) is 2.11. The number of hydrogen-bond donors (Lipinski definition) is 0. The Kier molecular flexibility index (Phi) is 3.84. The van der Waals surface area contributed by atoms with Crippen LogP contribution in [-0.4, -0.2) is 9.38 Å². The first-order valence-electron chi connectivity index (χ1n) is 6.79. The molecule has 0 amide bonds. The number of aromatic nitrogens is 2. The summed E-state index contributed by atoms with van der Waals surface area (Å²) in [6, 6.07) is 13.7. The van der Waals surface area contributed by atoms with Crippen molar-refractivity contribution >= 4 is 33.1 Å². The third kappa shape index (κ3) is 2.88. The smallest absolute Gasteiger partial charge is 0.183 e. The van der Waals surface area contributed by atoms with Crippen LogP contribution in [0.5, 0.6) is 0 Å². The molecular formula is C16H15BrN4. The zero-order chi connectivity index (χ0) is 14.8. The van der Waals surface area contributed by atoms with Crippen molar-refractivity contribution in [1.82, 2.24) is 9.38 Å². The van der Waals surface area contributed by atoms with Crippen molar-refractivity contribution in [2.24, 2.45) is 10.2 Å². The van der Waals surface area contributed by atoms with Gasteiger partial charge in [0.2, 0.25) is 0 Å². The highest BCUT2D eigenvalue weighted by molar-refractivity contribution is 9.10. The van der Waals surface area contributed by atoms with Gasteiger partial charge in [0, 0.05) is 10.7 Å². The summed E-state index contributed by atoms with van der Waals surface area (Å²) in [6.07, 6.45) is 1.97. The van der Waals surface area contributed by atoms with Crippen LogP contribution in [0.3, 0.4) is 0 Å². The minimum Gasteiger partial charge on any atom is -0.282 e. The summed E-state index contributed by atoms with van der Waals surface area (Å²) in [6.45, 7) is 4.22. The summed E-state index contributed by atoms with van der Waals surface area (Å²) >= 11 is 3.49. The fraction of sp³-hybridized carbons (Fsp3) is 0.188. The van der Waals surface area contributed by atoms with E-state index in [0.29, 0.717) is 0 Å². The van der Waals surface area contributed by atoms with E-state index in [9.17, 15) is 0 Å². The molecule has 0 fully saturated rings. The average Bonchev–Trinajstić information content (AvgIpc) is 2.84. The van der Waals surface area contributed by atoms with Crippen LogP contribution in [0, 0.1) is 0 Å². The fourth-order valence-corrected chi connectivity index (χ4v) is 2.45. The molecule has 2 aromatic heterocycles. The molecular weight excluding hydrogens is 328 g/mol. The zero-order valence-corrected chi connectivity index (χ0v) is 13.4. The van der Waals surface area contributed by atoms with Gasteiger partial charge in [-0.15, -0.1) is 10.2 Å². The SMILES string of the molecule is CC(C)c1nc2ccc(Br)cn2c1N=Nc1ccccc1. The number of rotatable bonds is 3. The Morgan fingerprint density at radius 2 is 1.81 bits per heavy atom. The largest absolute Gasteiger partial charge is 0.282 e. The molecule has 0 saturated carbocycles. The minimum absolute atomic E-state index is 0.286. The highest BCUT2D eigenvalue weighted by Crippen LogP contribution is 2.30. The van der Waals surface area contributed by atoms with Crippen molar-refractivity contribution in [2.75, 3.05) is 0 Å². The van der Waals surface area contributed by atoms with E-state index < -0.39 is 0 Å². The number of fused-ring (bicyclic) bond motifs is 1. The molecule has 5 heteroatoms. The van der Waals surface area contributed by atoms with Crippen LogP contribution in [0.4, 0.5) is 11.5 Å². The van der Waals surface area contributed by atoms with Crippen molar-refractivity contribution in [2.45, 2.75) is 19.8 Å². The second-order valence-electron chi connectivity index (χ2n) is 5.09. The molecule has 1 aromatic carbocycles. The number of nitrogens with zero attached hydrogens (tertiary/aromatic N) is 4. The Labute approximate surface area is 131 Å². The van der Waals surface area contributed by atoms with E-state index in [1.807, 2.05) is 53.1 Å². The molecule has 4 nitrogen and oxygen atoms in total. The Morgan fingerprint density at radius 1 is 1.05 bits per heavy atom. The van der Waals surface area contributed by atoms with Crippen molar-refractivity contribution in [1.29, 1.82) is 0 Å². The predicted molar refractivity (Wildman–Crippen MR) is 87.6 cm³/mol. The lowest BCUT2D eigenvalue weighted by molar-refractivity contribution is 0.831. The van der Waals surface area contributed by atoms with E-state index in [2.05, 4.69) is 45.0 Å². The lowest BCUT2D eigenvalue weighted by Gasteiger charge is -2.01. The summed E-state index contributed by atoms with van der Waals surface area (Å²) in [7, 11) is 0. The van der Waals surface area contributed by atoms with Crippen LogP contribution in [0.25, 0.3) is 5.65 Å². The predicted octanol–water partition coefficient (Wildman–Crippen LogP) is 5.64. The van der Waals surface area contributed by atoms with Gasteiger partial charge in [0.25, 0.3) is 0 Å². The van der Waals surface area contributed by atoms with Crippen LogP contribution in [-0.2, 0) is 0 Å². The Morgan fingerprint density at radius 3 is 2.52 bits per heavy atom. The first-order chi connectivity index (χ1) is 10.1. The van der Waals surface area contributed by atoms with E-state index in [0.717, 1.165) is 27.3 Å². The average molecular weight is 343 g/mol. The summed E-state index contributed by atoms with van der Waals surface area (Å²) < 4.78 is 2.95. The molecule has 0 bridgehead atoms. The third-order valence-corrected chi connectivity index (χ3v) is 3.62. The van der Waals surface area contributed by atoms with E-state index >= 15 is 0 Å². The highest BCUT2D eigenvalue weighted by Gasteiger charge is 2.15. The molecule has 0 radical (unpaired) electrons. The molecule has 0 saturated heterocycles. The normalized spacial score (nSPS) is 11.8. The second kappa shape index (κ2) is 5.77. The number of hydrogen-bond acceptors (Lipinski definition) is 3. The molecule has 0 N–H and O–H groups in total. The number of halogens is 1. The van der Waals surface area contributed by atoms with Crippen LogP contribution in [0.1, 0.15) is 25.5 Å². The van der Waals surface area contributed by atoms with Crippen molar-refractivity contribution in [3.05, 3.63) is 58.8 Å². The number of pyridine rings is 1. The van der Waals surface area contributed by atoms with E-state index in [1.165, 1.54) is 0 Å². The van der Waals surface area contributed by atoms with Gasteiger partial charge in [0.05, 0.1) is 11.4 Å². The lowest BCUT2D eigenvalue weighted by Crippen LogP contribution is -1.87. The monoisotopic (exact) mass is 342 g/mol. The van der Waals surface area contributed by atoms with Crippen molar-refractivity contribution in [3.63, 3.8) is 0 Å². The minimum atomic E-state index is 0.286. The summed E-state index contributed by atoms with van der Waals surface area (Å²) in [5, 5.41) is 8.75. The van der Waals surface area contributed by atoms with Gasteiger partial charge in [0.1, 0.15) is 5.65 Å². The van der Waals surface area contributed by atoms with E-state index in [1.54, 1.807) is 0 Å². The summed E-state index contributed by atoms with van der Waals surface area (Å²) in [5.74, 6) is 1.07. The van der Waals surface area contributed by atoms with Crippen molar-refractivity contribution in [3.8, 4) is 0 Å². The van der Waals surface area contributed by atoms with Gasteiger partial charge >= 0.3 is 0 Å². The standard InChI is InChI=1S/C16H15BrN4/c1-11(2)15-16(20-19-13-6-4-3-5-7-13)21-10-12(17)8-9-14(21)18-15/h3-11H,1-2H3. The Bertz CT molecular complexity index is 791. The number of azo groups is 1. The maximum atomic E-state index is 4.65. The molecule has 21 heavy (non-hydrogen) atoms. The summed E-state index contributed by atoms with van der Waals surface area (Å²) in [5.41, 5.74) is 2.66. The number of benzene rings is 1. The molecule has 0 aliphatic rings. The van der Waals surface area contributed by atoms with Gasteiger partial charge in [-0.25, -0.2) is 4.98 Å². The lowest BCUT2D eigenvalue weighted by atomic mass is 10.1. The van der Waals surface area contributed by atoms with Gasteiger partial charge in [-0.05, 0) is 46.1 Å². The Balaban J connectivity index is 2.13. The van der Waals surface area contributed by atoms with Gasteiger partial charge in [-0.1, -0.05) is 32.0 Å². The van der Waals surface area contributed by atoms with Gasteiger partial charge in [-0.2, -0.15) is 0 Å². The first-order valence-corrected chi connectivity index (χ1v) is 7.59. The molecule has 3 rings (SSSR count). The van der Waals surface area contributed by atoms with Crippen LogP contribution < -0.4 is 0 Å². The van der Waals surface area contributed by atoms with Crippen LogP contribution >= 0.6 is 15.9 Å². The zero-order valence-electron chi connectivity index (χ0n) is 11.9. The molecule has 3 aromatic rings.